The van der Waals surface area contributed by atoms with Gasteiger partial charge in [-0.15, -0.1) is 0 Å². The molecule has 0 aliphatic heterocycles. The number of rotatable bonds is 5. The highest BCUT2D eigenvalue weighted by Gasteiger charge is 2.09. The first kappa shape index (κ1) is 10.1. The normalized spacial score (nSPS) is 11.0. The number of H-pyrrole nitrogens is 2. The highest BCUT2D eigenvalue weighted by atomic mass is 15.3. The minimum absolute atomic E-state index is 1.03. The van der Waals surface area contributed by atoms with E-state index in [1.54, 1.807) is 0 Å². The fourth-order valence-electron chi connectivity index (χ4n) is 1.92. The number of hydrogen-bond donors (Lipinski definition) is 1. The van der Waals surface area contributed by atoms with Crippen molar-refractivity contribution >= 4 is 11.0 Å². The molecule has 0 aliphatic rings. The number of nitrogens with one attached hydrogen (secondary N) is 2. The van der Waals surface area contributed by atoms with E-state index in [1.165, 1.54) is 31.2 Å². The lowest BCUT2D eigenvalue weighted by atomic mass is 10.1. The lowest BCUT2D eigenvalue weighted by Gasteiger charge is -1.99. The average Bonchev–Trinajstić information content (AvgIpc) is 2.73. The van der Waals surface area contributed by atoms with Gasteiger partial charge in [-0.3, -0.25) is 0 Å². The van der Waals surface area contributed by atoms with Gasteiger partial charge in [-0.1, -0.05) is 43.5 Å². The van der Waals surface area contributed by atoms with Gasteiger partial charge in [-0.2, -0.15) is 5.10 Å². The predicted octanol–water partition coefficient (Wildman–Crippen LogP) is 2.50. The van der Waals surface area contributed by atoms with E-state index in [9.17, 15) is 0 Å². The summed E-state index contributed by atoms with van der Waals surface area (Å²) in [4.78, 5) is 0. The van der Waals surface area contributed by atoms with E-state index in [2.05, 4.69) is 34.5 Å². The Morgan fingerprint density at radius 1 is 1.27 bits per heavy atom. The van der Waals surface area contributed by atoms with Gasteiger partial charge in [0.2, 0.25) is 11.0 Å². The maximum Gasteiger partial charge on any atom is 0.248 e. The summed E-state index contributed by atoms with van der Waals surface area (Å²) >= 11 is 0. The zero-order chi connectivity index (χ0) is 10.5. The SMILES string of the molecule is CCCCCCc1cccc2n[nH][nH+]c12. The third-order valence-electron chi connectivity index (χ3n) is 2.79. The molecule has 1 aromatic carbocycles. The van der Waals surface area contributed by atoms with Crippen molar-refractivity contribution in [2.24, 2.45) is 0 Å². The molecule has 0 saturated carbocycles. The molecule has 1 aromatic heterocycles. The van der Waals surface area contributed by atoms with Crippen molar-refractivity contribution in [2.45, 2.75) is 39.0 Å². The number of hydrogen-bond acceptors (Lipinski definition) is 1. The molecular weight excluding hydrogens is 186 g/mol. The van der Waals surface area contributed by atoms with Crippen LogP contribution in [0.1, 0.15) is 38.2 Å². The van der Waals surface area contributed by atoms with Gasteiger partial charge in [-0.25, -0.2) is 0 Å². The van der Waals surface area contributed by atoms with Gasteiger partial charge in [0, 0.05) is 10.7 Å². The second-order valence-corrected chi connectivity index (χ2v) is 3.97. The molecule has 80 valence electrons. The Morgan fingerprint density at radius 3 is 3.07 bits per heavy atom. The zero-order valence-corrected chi connectivity index (χ0v) is 9.21. The van der Waals surface area contributed by atoms with Crippen LogP contribution in [-0.2, 0) is 6.42 Å². The topological polar surface area (TPSA) is 42.8 Å². The quantitative estimate of drug-likeness (QED) is 0.747. The van der Waals surface area contributed by atoms with Crippen molar-refractivity contribution in [1.29, 1.82) is 0 Å². The summed E-state index contributed by atoms with van der Waals surface area (Å²) in [5.74, 6) is 0. The molecular formula is C12H18N3+. The van der Waals surface area contributed by atoms with Crippen molar-refractivity contribution in [1.82, 2.24) is 10.3 Å². The molecule has 3 nitrogen and oxygen atoms in total. The van der Waals surface area contributed by atoms with Crippen molar-refractivity contribution in [3.05, 3.63) is 23.8 Å². The van der Waals surface area contributed by atoms with Gasteiger partial charge in [0.1, 0.15) is 0 Å². The minimum Gasteiger partial charge on any atom is -0.168 e. The van der Waals surface area contributed by atoms with E-state index in [1.807, 2.05) is 6.07 Å². The number of aryl methyl sites for hydroxylation is 1. The van der Waals surface area contributed by atoms with Crippen LogP contribution in [0, 0.1) is 0 Å². The Balaban J connectivity index is 2.04. The molecule has 1 heterocycles. The number of aromatic nitrogens is 3. The lowest BCUT2D eigenvalue weighted by Crippen LogP contribution is -2.04. The van der Waals surface area contributed by atoms with Crippen molar-refractivity contribution < 1.29 is 5.10 Å². The van der Waals surface area contributed by atoms with Crippen LogP contribution in [-0.4, -0.2) is 10.3 Å². The number of nitrogens with zero attached hydrogens (tertiary/aromatic N) is 1. The van der Waals surface area contributed by atoms with Gasteiger partial charge in [-0.05, 0) is 18.9 Å². The van der Waals surface area contributed by atoms with Gasteiger partial charge >= 0.3 is 0 Å². The van der Waals surface area contributed by atoms with E-state index < -0.39 is 0 Å². The average molecular weight is 204 g/mol. The predicted molar refractivity (Wildman–Crippen MR) is 60.5 cm³/mol. The first-order chi connectivity index (χ1) is 7.42. The summed E-state index contributed by atoms with van der Waals surface area (Å²) in [5.41, 5.74) is 3.56. The zero-order valence-electron chi connectivity index (χ0n) is 9.21. The van der Waals surface area contributed by atoms with Crippen LogP contribution in [0.5, 0.6) is 0 Å². The van der Waals surface area contributed by atoms with Crippen molar-refractivity contribution in [3.63, 3.8) is 0 Å². The second-order valence-electron chi connectivity index (χ2n) is 3.97. The standard InChI is InChI=1S/C12H17N3/c1-2-3-4-5-7-10-8-6-9-11-12(10)14-15-13-11/h6,8-9H,2-5,7H2,1H3,(H,13,14,15)/p+1. The number of unbranched alkanes of at least 4 members (excludes halogenated alkanes) is 3. The van der Waals surface area contributed by atoms with Crippen LogP contribution in [0.4, 0.5) is 0 Å². The molecule has 2 rings (SSSR count). The highest BCUT2D eigenvalue weighted by Crippen LogP contribution is 2.14. The molecule has 0 atom stereocenters. The third-order valence-corrected chi connectivity index (χ3v) is 2.79. The number of fused-ring (bicyclic) bond motifs is 1. The Labute approximate surface area is 89.9 Å². The summed E-state index contributed by atoms with van der Waals surface area (Å²) in [5, 5.41) is 10.0. The molecule has 0 radical (unpaired) electrons. The smallest absolute Gasteiger partial charge is 0.168 e. The van der Waals surface area contributed by atoms with Gasteiger partial charge in [0.25, 0.3) is 0 Å². The summed E-state index contributed by atoms with van der Waals surface area (Å²) in [6.07, 6.45) is 6.37. The van der Waals surface area contributed by atoms with Crippen LogP contribution in [0.25, 0.3) is 11.0 Å². The summed E-state index contributed by atoms with van der Waals surface area (Å²) < 4.78 is 0. The molecule has 0 aliphatic carbocycles. The largest absolute Gasteiger partial charge is 0.248 e. The minimum atomic E-state index is 1.03. The molecule has 15 heavy (non-hydrogen) atoms. The number of benzene rings is 1. The molecule has 0 spiro atoms. The summed E-state index contributed by atoms with van der Waals surface area (Å²) in [6, 6.07) is 6.28. The molecule has 2 aromatic rings. The molecule has 3 heteroatoms. The maximum absolute atomic E-state index is 4.14. The van der Waals surface area contributed by atoms with E-state index in [-0.39, 0.29) is 0 Å². The van der Waals surface area contributed by atoms with E-state index in [0.717, 1.165) is 17.5 Å². The Hall–Kier alpha value is -1.38. The van der Waals surface area contributed by atoms with Crippen LogP contribution in [0.15, 0.2) is 18.2 Å². The molecule has 0 amide bonds. The molecule has 2 N–H and O–H groups in total. The second kappa shape index (κ2) is 4.91. The third kappa shape index (κ3) is 2.35. The fourth-order valence-corrected chi connectivity index (χ4v) is 1.92. The molecule has 0 fully saturated rings. The van der Waals surface area contributed by atoms with E-state index in [4.69, 9.17) is 0 Å². The van der Waals surface area contributed by atoms with Gasteiger partial charge < -0.3 is 0 Å². The van der Waals surface area contributed by atoms with Crippen molar-refractivity contribution in [3.8, 4) is 0 Å². The molecule has 0 saturated heterocycles. The Kier molecular flexibility index (Phi) is 3.33. The van der Waals surface area contributed by atoms with Crippen LogP contribution in [0.2, 0.25) is 0 Å². The van der Waals surface area contributed by atoms with E-state index >= 15 is 0 Å². The Bertz CT molecular complexity index is 419. The van der Waals surface area contributed by atoms with Crippen LogP contribution in [0.3, 0.4) is 0 Å². The van der Waals surface area contributed by atoms with E-state index in [0.29, 0.717) is 0 Å². The van der Waals surface area contributed by atoms with Gasteiger partial charge in [0.05, 0.1) is 0 Å². The number of para-hydroxylation sites is 1. The molecule has 0 unspecified atom stereocenters. The van der Waals surface area contributed by atoms with Crippen LogP contribution < -0.4 is 5.10 Å². The summed E-state index contributed by atoms with van der Waals surface area (Å²) in [7, 11) is 0. The first-order valence-electron chi connectivity index (χ1n) is 5.75. The maximum atomic E-state index is 4.14. The molecule has 0 bridgehead atoms. The fraction of sp³-hybridized carbons (Fsp3) is 0.500. The highest BCUT2D eigenvalue weighted by molar-refractivity contribution is 5.73. The number of aromatic amines is 2. The summed E-state index contributed by atoms with van der Waals surface area (Å²) in [6.45, 7) is 2.24. The first-order valence-corrected chi connectivity index (χ1v) is 5.75. The van der Waals surface area contributed by atoms with Gasteiger partial charge in [0.15, 0.2) is 0 Å². The Morgan fingerprint density at radius 2 is 2.20 bits per heavy atom. The van der Waals surface area contributed by atoms with Crippen LogP contribution >= 0.6 is 0 Å². The van der Waals surface area contributed by atoms with Crippen molar-refractivity contribution in [2.75, 3.05) is 0 Å². The lowest BCUT2D eigenvalue weighted by molar-refractivity contribution is -0.427. The monoisotopic (exact) mass is 204 g/mol.